The molecule has 0 amide bonds. The molecule has 0 radical (unpaired) electrons. The summed E-state index contributed by atoms with van der Waals surface area (Å²) in [4.78, 5) is 16.8. The molecule has 2 aromatic carbocycles. The number of rotatable bonds is 5. The molecule has 0 spiro atoms. The topological polar surface area (TPSA) is 126 Å². The van der Waals surface area contributed by atoms with Gasteiger partial charge in [-0.2, -0.15) is 5.26 Å². The molecule has 31 heavy (non-hydrogen) atoms. The zero-order chi connectivity index (χ0) is 22.1. The van der Waals surface area contributed by atoms with Crippen LogP contribution in [-0.2, 0) is 4.74 Å². The summed E-state index contributed by atoms with van der Waals surface area (Å²) in [6, 6.07) is 12.5. The van der Waals surface area contributed by atoms with Crippen molar-refractivity contribution in [3.05, 3.63) is 53.9 Å². The summed E-state index contributed by atoms with van der Waals surface area (Å²) in [5, 5.41) is 9.30. The summed E-state index contributed by atoms with van der Waals surface area (Å²) in [7, 11) is 4.37. The standard InChI is InChI=1S/C22H18N4O5/c1-28-17-6-4-12(8-18(17)29-2)21-25-15-9-14(5-7-16(15)31-21)26-11-13(10-23)19(24)20(26)22(27)30-3/h4-9,11H,24H2,1-3H3. The molecule has 2 aromatic heterocycles. The SMILES string of the molecule is COC(=O)c1c(N)c(C#N)cn1-c1ccc2oc(-c3ccc(OC)c(OC)c3)nc2c1. The van der Waals surface area contributed by atoms with Crippen LogP contribution in [0.2, 0.25) is 0 Å². The third-order valence-corrected chi connectivity index (χ3v) is 4.82. The number of hydrogen-bond acceptors (Lipinski definition) is 8. The largest absolute Gasteiger partial charge is 0.493 e. The van der Waals surface area contributed by atoms with Gasteiger partial charge < -0.3 is 28.9 Å². The molecule has 4 aromatic rings. The number of benzene rings is 2. The number of nitrogens with two attached hydrogens (primary N) is 1. The van der Waals surface area contributed by atoms with Gasteiger partial charge in [0.05, 0.1) is 32.6 Å². The van der Waals surface area contributed by atoms with Gasteiger partial charge in [0, 0.05) is 17.4 Å². The second-order valence-electron chi connectivity index (χ2n) is 6.52. The number of ether oxygens (including phenoxy) is 3. The fourth-order valence-corrected chi connectivity index (χ4v) is 3.28. The number of carbonyl (C=O) groups excluding carboxylic acids is 1. The van der Waals surface area contributed by atoms with Gasteiger partial charge in [-0.25, -0.2) is 9.78 Å². The highest BCUT2D eigenvalue weighted by molar-refractivity contribution is 5.96. The van der Waals surface area contributed by atoms with Crippen molar-refractivity contribution >= 4 is 22.8 Å². The highest BCUT2D eigenvalue weighted by Gasteiger charge is 2.22. The van der Waals surface area contributed by atoms with Crippen LogP contribution in [-0.4, -0.2) is 36.8 Å². The van der Waals surface area contributed by atoms with Crippen LogP contribution in [0.5, 0.6) is 11.5 Å². The predicted molar refractivity (Wildman–Crippen MR) is 112 cm³/mol. The monoisotopic (exact) mass is 418 g/mol. The van der Waals surface area contributed by atoms with Crippen molar-refractivity contribution in [3.8, 4) is 34.7 Å². The van der Waals surface area contributed by atoms with E-state index in [0.29, 0.717) is 39.7 Å². The minimum Gasteiger partial charge on any atom is -0.493 e. The average molecular weight is 418 g/mol. The fourth-order valence-electron chi connectivity index (χ4n) is 3.28. The van der Waals surface area contributed by atoms with E-state index in [4.69, 9.17) is 24.4 Å². The van der Waals surface area contributed by atoms with Crippen LogP contribution in [0.25, 0.3) is 28.2 Å². The molecule has 0 fully saturated rings. The van der Waals surface area contributed by atoms with E-state index in [0.717, 1.165) is 0 Å². The van der Waals surface area contributed by atoms with E-state index < -0.39 is 5.97 Å². The lowest BCUT2D eigenvalue weighted by atomic mass is 10.2. The number of hydrogen-bond donors (Lipinski definition) is 1. The zero-order valence-electron chi connectivity index (χ0n) is 17.0. The van der Waals surface area contributed by atoms with Crippen molar-refractivity contribution in [1.29, 1.82) is 5.26 Å². The minimum absolute atomic E-state index is 0.0561. The Morgan fingerprint density at radius 3 is 2.58 bits per heavy atom. The molecular formula is C22H18N4O5. The molecule has 4 rings (SSSR count). The van der Waals surface area contributed by atoms with Crippen molar-refractivity contribution in [2.24, 2.45) is 0 Å². The summed E-state index contributed by atoms with van der Waals surface area (Å²) in [6.45, 7) is 0. The van der Waals surface area contributed by atoms with E-state index in [-0.39, 0.29) is 16.9 Å². The lowest BCUT2D eigenvalue weighted by molar-refractivity contribution is 0.0593. The van der Waals surface area contributed by atoms with E-state index in [2.05, 4.69) is 4.98 Å². The first-order valence-electron chi connectivity index (χ1n) is 9.13. The third kappa shape index (κ3) is 3.30. The summed E-state index contributed by atoms with van der Waals surface area (Å²) >= 11 is 0. The van der Waals surface area contributed by atoms with E-state index in [1.54, 1.807) is 44.6 Å². The van der Waals surface area contributed by atoms with Gasteiger partial charge >= 0.3 is 5.97 Å². The van der Waals surface area contributed by atoms with Gasteiger partial charge in [0.2, 0.25) is 5.89 Å². The zero-order valence-corrected chi connectivity index (χ0v) is 17.0. The Labute approximate surface area is 177 Å². The predicted octanol–water partition coefficient (Wildman–Crippen LogP) is 3.54. The molecule has 0 bridgehead atoms. The Bertz CT molecular complexity index is 1350. The smallest absolute Gasteiger partial charge is 0.357 e. The number of aromatic nitrogens is 2. The second kappa shape index (κ2) is 7.76. The first-order valence-corrected chi connectivity index (χ1v) is 9.13. The highest BCUT2D eigenvalue weighted by atomic mass is 16.5. The Balaban J connectivity index is 1.81. The second-order valence-corrected chi connectivity index (χ2v) is 6.52. The normalized spacial score (nSPS) is 10.6. The van der Waals surface area contributed by atoms with Crippen molar-refractivity contribution < 1.29 is 23.4 Å². The number of carbonyl (C=O) groups is 1. The van der Waals surface area contributed by atoms with E-state index >= 15 is 0 Å². The number of fused-ring (bicyclic) bond motifs is 1. The van der Waals surface area contributed by atoms with Crippen LogP contribution in [0.1, 0.15) is 16.1 Å². The lowest BCUT2D eigenvalue weighted by Gasteiger charge is -2.08. The van der Waals surface area contributed by atoms with Gasteiger partial charge in [-0.3, -0.25) is 0 Å². The van der Waals surface area contributed by atoms with Crippen LogP contribution in [0, 0.1) is 11.3 Å². The molecular weight excluding hydrogens is 400 g/mol. The summed E-state index contributed by atoms with van der Waals surface area (Å²) < 4.78 is 22.8. The Kier molecular flexibility index (Phi) is 4.97. The van der Waals surface area contributed by atoms with Crippen molar-refractivity contribution in [2.45, 2.75) is 0 Å². The number of anilines is 1. The quantitative estimate of drug-likeness (QED) is 0.488. The molecule has 9 heteroatoms. The lowest BCUT2D eigenvalue weighted by Crippen LogP contribution is -2.11. The van der Waals surface area contributed by atoms with E-state index in [1.807, 2.05) is 12.1 Å². The van der Waals surface area contributed by atoms with Gasteiger partial charge in [-0.15, -0.1) is 0 Å². The van der Waals surface area contributed by atoms with Crippen LogP contribution < -0.4 is 15.2 Å². The number of nitriles is 1. The Hall–Kier alpha value is -4.45. The first kappa shape index (κ1) is 19.8. The third-order valence-electron chi connectivity index (χ3n) is 4.82. The Morgan fingerprint density at radius 1 is 1.13 bits per heavy atom. The Morgan fingerprint density at radius 2 is 1.90 bits per heavy atom. The fraction of sp³-hybridized carbons (Fsp3) is 0.136. The molecule has 0 aliphatic rings. The molecule has 0 aliphatic carbocycles. The van der Waals surface area contributed by atoms with Gasteiger partial charge in [-0.05, 0) is 36.4 Å². The molecule has 0 aliphatic heterocycles. The van der Waals surface area contributed by atoms with Crippen LogP contribution >= 0.6 is 0 Å². The van der Waals surface area contributed by atoms with Gasteiger partial charge in [0.1, 0.15) is 11.6 Å². The molecule has 0 saturated heterocycles. The van der Waals surface area contributed by atoms with Gasteiger partial charge in [0.25, 0.3) is 0 Å². The molecule has 0 saturated carbocycles. The molecule has 0 atom stereocenters. The van der Waals surface area contributed by atoms with Crippen LogP contribution in [0.15, 0.2) is 47.0 Å². The molecule has 0 unspecified atom stereocenters. The maximum Gasteiger partial charge on any atom is 0.357 e. The maximum atomic E-state index is 12.2. The van der Waals surface area contributed by atoms with Gasteiger partial charge in [-0.1, -0.05) is 0 Å². The number of nitrogens with zero attached hydrogens (tertiary/aromatic N) is 3. The summed E-state index contributed by atoms with van der Waals surface area (Å²) in [6.07, 6.45) is 1.48. The van der Waals surface area contributed by atoms with Crippen molar-refractivity contribution in [2.75, 3.05) is 27.1 Å². The summed E-state index contributed by atoms with van der Waals surface area (Å²) in [5.74, 6) is 0.896. The van der Waals surface area contributed by atoms with Crippen LogP contribution in [0.3, 0.4) is 0 Å². The minimum atomic E-state index is -0.648. The molecule has 2 heterocycles. The number of methoxy groups -OCH3 is 3. The van der Waals surface area contributed by atoms with Gasteiger partial charge in [0.15, 0.2) is 22.8 Å². The molecule has 156 valence electrons. The summed E-state index contributed by atoms with van der Waals surface area (Å²) in [5.41, 5.74) is 8.67. The average Bonchev–Trinajstić information content (AvgIpc) is 3.38. The number of esters is 1. The van der Waals surface area contributed by atoms with E-state index in [9.17, 15) is 10.1 Å². The first-order chi connectivity index (χ1) is 15.0. The van der Waals surface area contributed by atoms with Crippen LogP contribution in [0.4, 0.5) is 5.69 Å². The van der Waals surface area contributed by atoms with Crippen molar-refractivity contribution in [3.63, 3.8) is 0 Å². The maximum absolute atomic E-state index is 12.2. The number of oxazole rings is 1. The highest BCUT2D eigenvalue weighted by Crippen LogP contribution is 2.34. The molecule has 9 nitrogen and oxygen atoms in total. The molecule has 2 N–H and O–H groups in total. The van der Waals surface area contributed by atoms with Crippen molar-refractivity contribution in [1.82, 2.24) is 9.55 Å². The number of nitrogen functional groups attached to an aromatic ring is 1. The van der Waals surface area contributed by atoms with E-state index in [1.165, 1.54) is 17.9 Å².